The van der Waals surface area contributed by atoms with Crippen LogP contribution in [-0.2, 0) is 0 Å². The normalized spacial score (nSPS) is 39.2. The van der Waals surface area contributed by atoms with E-state index in [1.54, 1.807) is 0 Å². The summed E-state index contributed by atoms with van der Waals surface area (Å²) in [7, 11) is 0. The zero-order valence-corrected chi connectivity index (χ0v) is 6.44. The minimum Gasteiger partial charge on any atom is -0.103 e. The molecule has 0 nitrogen and oxygen atoms in total. The van der Waals surface area contributed by atoms with Crippen LogP contribution in [0.4, 0.5) is 0 Å². The van der Waals surface area contributed by atoms with Crippen molar-refractivity contribution in [2.45, 2.75) is 27.2 Å². The standard InChI is InChI=1S/C9H14/c1-4-5-6-9-7(2)8(9)3/h7-9H,4H2,1-3H3. The number of rotatable bonds is 0. The lowest BCUT2D eigenvalue weighted by molar-refractivity contribution is 0.834. The first kappa shape index (κ1) is 6.68. The van der Waals surface area contributed by atoms with Gasteiger partial charge in [-0.3, -0.25) is 0 Å². The molecular weight excluding hydrogens is 108 g/mol. The summed E-state index contributed by atoms with van der Waals surface area (Å²) >= 11 is 0. The van der Waals surface area contributed by atoms with Crippen LogP contribution in [0, 0.1) is 29.6 Å². The lowest BCUT2D eigenvalue weighted by atomic mass is 10.3. The third-order valence-corrected chi connectivity index (χ3v) is 2.27. The molecule has 0 heteroatoms. The Bertz CT molecular complexity index is 139. The summed E-state index contributed by atoms with van der Waals surface area (Å²) in [6.45, 7) is 6.66. The van der Waals surface area contributed by atoms with Crippen LogP contribution in [0.15, 0.2) is 0 Å². The quantitative estimate of drug-likeness (QED) is 0.432. The maximum atomic E-state index is 3.26. The highest BCUT2D eigenvalue weighted by molar-refractivity contribution is 5.14. The third kappa shape index (κ3) is 1.27. The van der Waals surface area contributed by atoms with Crippen LogP contribution >= 0.6 is 0 Å². The Morgan fingerprint density at radius 2 is 1.78 bits per heavy atom. The summed E-state index contributed by atoms with van der Waals surface area (Å²) < 4.78 is 0. The van der Waals surface area contributed by atoms with Gasteiger partial charge in [-0.2, -0.15) is 0 Å². The molecule has 0 radical (unpaired) electrons. The van der Waals surface area contributed by atoms with Crippen molar-refractivity contribution in [3.63, 3.8) is 0 Å². The van der Waals surface area contributed by atoms with Crippen molar-refractivity contribution in [2.24, 2.45) is 17.8 Å². The molecule has 1 saturated carbocycles. The molecule has 0 aliphatic heterocycles. The van der Waals surface area contributed by atoms with E-state index in [9.17, 15) is 0 Å². The first-order valence-electron chi connectivity index (χ1n) is 3.75. The van der Waals surface area contributed by atoms with Gasteiger partial charge in [0, 0.05) is 12.3 Å². The Labute approximate surface area is 57.7 Å². The molecule has 2 unspecified atom stereocenters. The fourth-order valence-electron chi connectivity index (χ4n) is 1.15. The molecule has 0 N–H and O–H groups in total. The van der Waals surface area contributed by atoms with Crippen LogP contribution in [0.5, 0.6) is 0 Å². The molecule has 0 heterocycles. The second kappa shape index (κ2) is 2.43. The number of hydrogen-bond acceptors (Lipinski definition) is 0. The molecule has 0 amide bonds. The first-order valence-corrected chi connectivity index (χ1v) is 3.75. The highest BCUT2D eigenvalue weighted by Crippen LogP contribution is 2.44. The van der Waals surface area contributed by atoms with Crippen molar-refractivity contribution in [3.05, 3.63) is 0 Å². The van der Waals surface area contributed by atoms with Crippen LogP contribution in [0.2, 0.25) is 0 Å². The van der Waals surface area contributed by atoms with E-state index in [1.165, 1.54) is 0 Å². The van der Waals surface area contributed by atoms with Gasteiger partial charge in [-0.15, -0.1) is 5.92 Å². The van der Waals surface area contributed by atoms with Crippen LogP contribution < -0.4 is 0 Å². The van der Waals surface area contributed by atoms with E-state index >= 15 is 0 Å². The molecule has 9 heavy (non-hydrogen) atoms. The summed E-state index contributed by atoms with van der Waals surface area (Å²) in [5.41, 5.74) is 0. The van der Waals surface area contributed by atoms with E-state index in [2.05, 4.69) is 32.6 Å². The zero-order chi connectivity index (χ0) is 6.85. The summed E-state index contributed by atoms with van der Waals surface area (Å²) in [4.78, 5) is 0. The van der Waals surface area contributed by atoms with Crippen molar-refractivity contribution in [1.82, 2.24) is 0 Å². The second-order valence-electron chi connectivity index (χ2n) is 2.92. The van der Waals surface area contributed by atoms with Gasteiger partial charge in [0.25, 0.3) is 0 Å². The molecule has 2 atom stereocenters. The molecule has 0 spiro atoms. The summed E-state index contributed by atoms with van der Waals surface area (Å²) in [5.74, 6) is 8.83. The first-order chi connectivity index (χ1) is 4.27. The van der Waals surface area contributed by atoms with E-state index < -0.39 is 0 Å². The minimum absolute atomic E-state index is 0.727. The van der Waals surface area contributed by atoms with Gasteiger partial charge in [-0.25, -0.2) is 0 Å². The summed E-state index contributed by atoms with van der Waals surface area (Å²) in [5, 5.41) is 0. The molecule has 1 aliphatic carbocycles. The van der Waals surface area contributed by atoms with Crippen molar-refractivity contribution >= 4 is 0 Å². The molecule has 1 aliphatic rings. The Morgan fingerprint density at radius 1 is 1.22 bits per heavy atom. The van der Waals surface area contributed by atoms with Gasteiger partial charge in [-0.05, 0) is 11.8 Å². The van der Waals surface area contributed by atoms with Crippen molar-refractivity contribution in [1.29, 1.82) is 0 Å². The second-order valence-corrected chi connectivity index (χ2v) is 2.92. The average molecular weight is 122 g/mol. The van der Waals surface area contributed by atoms with Gasteiger partial charge in [0.15, 0.2) is 0 Å². The molecule has 0 aromatic heterocycles. The van der Waals surface area contributed by atoms with E-state index in [1.807, 2.05) is 0 Å². The van der Waals surface area contributed by atoms with E-state index in [-0.39, 0.29) is 0 Å². The molecule has 0 saturated heterocycles. The SMILES string of the molecule is CCC#CC1C(C)C1C. The lowest BCUT2D eigenvalue weighted by Gasteiger charge is -1.74. The predicted molar refractivity (Wildman–Crippen MR) is 39.9 cm³/mol. The van der Waals surface area contributed by atoms with Crippen molar-refractivity contribution in [2.75, 3.05) is 0 Å². The molecule has 50 valence electrons. The topological polar surface area (TPSA) is 0 Å². The fraction of sp³-hybridized carbons (Fsp3) is 0.778. The molecular formula is C9H14. The maximum absolute atomic E-state index is 3.26. The van der Waals surface area contributed by atoms with Gasteiger partial charge in [0.1, 0.15) is 0 Å². The molecule has 0 aromatic rings. The Kier molecular flexibility index (Phi) is 1.81. The van der Waals surface area contributed by atoms with Gasteiger partial charge >= 0.3 is 0 Å². The average Bonchev–Trinajstić information content (AvgIpc) is 2.39. The lowest BCUT2D eigenvalue weighted by Crippen LogP contribution is -1.69. The third-order valence-electron chi connectivity index (χ3n) is 2.27. The predicted octanol–water partition coefficient (Wildman–Crippen LogP) is 2.30. The van der Waals surface area contributed by atoms with E-state index in [0.717, 1.165) is 24.2 Å². The summed E-state index contributed by atoms with van der Waals surface area (Å²) in [6, 6.07) is 0. The molecule has 0 aromatic carbocycles. The summed E-state index contributed by atoms with van der Waals surface area (Å²) in [6.07, 6.45) is 1.01. The number of hydrogen-bond donors (Lipinski definition) is 0. The van der Waals surface area contributed by atoms with E-state index in [0.29, 0.717) is 0 Å². The maximum Gasteiger partial charge on any atom is 0.0260 e. The highest BCUT2D eigenvalue weighted by Gasteiger charge is 2.41. The largest absolute Gasteiger partial charge is 0.103 e. The molecule has 0 bridgehead atoms. The van der Waals surface area contributed by atoms with Gasteiger partial charge < -0.3 is 0 Å². The van der Waals surface area contributed by atoms with E-state index in [4.69, 9.17) is 0 Å². The Balaban J connectivity index is 2.33. The van der Waals surface area contributed by atoms with Crippen LogP contribution in [0.25, 0.3) is 0 Å². The minimum atomic E-state index is 0.727. The Hall–Kier alpha value is -0.440. The fourth-order valence-corrected chi connectivity index (χ4v) is 1.15. The Morgan fingerprint density at radius 3 is 2.11 bits per heavy atom. The van der Waals surface area contributed by atoms with Gasteiger partial charge in [-0.1, -0.05) is 26.7 Å². The van der Waals surface area contributed by atoms with Crippen molar-refractivity contribution < 1.29 is 0 Å². The highest BCUT2D eigenvalue weighted by atomic mass is 14.4. The van der Waals surface area contributed by atoms with Crippen LogP contribution in [0.3, 0.4) is 0 Å². The molecule has 1 rings (SSSR count). The molecule has 1 fully saturated rings. The van der Waals surface area contributed by atoms with Gasteiger partial charge in [0.2, 0.25) is 0 Å². The van der Waals surface area contributed by atoms with Crippen LogP contribution in [-0.4, -0.2) is 0 Å². The van der Waals surface area contributed by atoms with Crippen LogP contribution in [0.1, 0.15) is 27.2 Å². The monoisotopic (exact) mass is 122 g/mol. The zero-order valence-electron chi connectivity index (χ0n) is 6.44. The van der Waals surface area contributed by atoms with Gasteiger partial charge in [0.05, 0.1) is 0 Å². The smallest absolute Gasteiger partial charge is 0.0260 e. The van der Waals surface area contributed by atoms with Crippen molar-refractivity contribution in [3.8, 4) is 11.8 Å².